The van der Waals surface area contributed by atoms with E-state index in [-0.39, 0.29) is 37.0 Å². The molecule has 0 fully saturated rings. The molecular formula is C31H37FN4O4. The van der Waals surface area contributed by atoms with Crippen molar-refractivity contribution < 1.29 is 23.8 Å². The van der Waals surface area contributed by atoms with Gasteiger partial charge in [0.05, 0.1) is 19.1 Å². The molecule has 4 rings (SSSR count). The number of fused-ring (bicyclic) bond motifs is 1. The molecule has 1 aliphatic rings. The van der Waals surface area contributed by atoms with Crippen molar-refractivity contribution in [1.82, 2.24) is 9.80 Å². The molecule has 0 saturated carbocycles. The average Bonchev–Trinajstić information content (AvgIpc) is 2.97. The number of carbonyl (C=O) groups excluding carboxylic acids is 2. The molecule has 40 heavy (non-hydrogen) atoms. The molecule has 9 heteroatoms. The van der Waals surface area contributed by atoms with Gasteiger partial charge in [0.25, 0.3) is 0 Å². The minimum absolute atomic E-state index is 0.0126. The van der Waals surface area contributed by atoms with E-state index in [1.807, 2.05) is 32.2 Å². The number of nitrogens with one attached hydrogen (secondary N) is 2. The lowest BCUT2D eigenvalue weighted by atomic mass is 10.0. The van der Waals surface area contributed by atoms with Crippen LogP contribution in [0.5, 0.6) is 5.75 Å². The summed E-state index contributed by atoms with van der Waals surface area (Å²) in [4.78, 5) is 29.9. The van der Waals surface area contributed by atoms with Crippen LogP contribution in [0.1, 0.15) is 25.0 Å². The molecule has 0 spiro atoms. The lowest BCUT2D eigenvalue weighted by molar-refractivity contribution is -0.134. The van der Waals surface area contributed by atoms with Crippen LogP contribution in [0.3, 0.4) is 0 Å². The Kier molecular flexibility index (Phi) is 9.74. The van der Waals surface area contributed by atoms with Gasteiger partial charge in [0, 0.05) is 42.5 Å². The first-order valence-corrected chi connectivity index (χ1v) is 13.5. The summed E-state index contributed by atoms with van der Waals surface area (Å²) in [6.45, 7) is 5.58. The van der Waals surface area contributed by atoms with E-state index in [9.17, 15) is 19.1 Å². The second kappa shape index (κ2) is 13.4. The zero-order valence-corrected chi connectivity index (χ0v) is 23.1. The van der Waals surface area contributed by atoms with Crippen LogP contribution in [0.25, 0.3) is 0 Å². The number of nitrogens with zero attached hydrogens (tertiary/aromatic N) is 2. The molecule has 3 atom stereocenters. The van der Waals surface area contributed by atoms with Gasteiger partial charge in [-0.25, -0.2) is 9.18 Å². The van der Waals surface area contributed by atoms with Crippen LogP contribution in [-0.2, 0) is 17.8 Å². The third-order valence-corrected chi connectivity index (χ3v) is 7.06. The summed E-state index contributed by atoms with van der Waals surface area (Å²) in [5, 5.41) is 15.3. The molecule has 3 aromatic rings. The number of anilines is 2. The van der Waals surface area contributed by atoms with Gasteiger partial charge in [-0.15, -0.1) is 0 Å². The van der Waals surface area contributed by atoms with Crippen molar-refractivity contribution in [2.45, 2.75) is 39.0 Å². The van der Waals surface area contributed by atoms with E-state index in [0.717, 1.165) is 6.54 Å². The number of aliphatic hydroxyl groups is 1. The topological polar surface area (TPSA) is 94.1 Å². The van der Waals surface area contributed by atoms with Crippen LogP contribution in [-0.4, -0.2) is 65.7 Å². The van der Waals surface area contributed by atoms with Crippen molar-refractivity contribution in [3.63, 3.8) is 0 Å². The molecule has 0 unspecified atom stereocenters. The number of aliphatic hydroxyl groups excluding tert-OH is 1. The Morgan fingerprint density at radius 3 is 2.48 bits per heavy atom. The normalized spacial score (nSPS) is 18.1. The second-order valence-corrected chi connectivity index (χ2v) is 10.5. The monoisotopic (exact) mass is 548 g/mol. The number of rotatable bonds is 8. The standard InChI is InChI=1S/C31H37FN4O4/c1-21-17-36(22(2)20-37)30(38)16-24-15-27(34-31(39)33-26-11-9-25(32)10-12-26)13-14-28(24)40-29(21)19-35(3)18-23-7-5-4-6-8-23/h4-15,21-22,29,37H,16-20H2,1-3H3,(H2,33,34,39)/t21-,22-,29+/m0/s1. The highest BCUT2D eigenvalue weighted by molar-refractivity contribution is 5.99. The number of benzene rings is 3. The Hall–Kier alpha value is -3.95. The summed E-state index contributed by atoms with van der Waals surface area (Å²) in [5.74, 6) is 0.0591. The number of likely N-dealkylation sites (N-methyl/N-ethyl adjacent to an activating group) is 1. The first-order chi connectivity index (χ1) is 19.2. The largest absolute Gasteiger partial charge is 0.488 e. The van der Waals surface area contributed by atoms with Crippen LogP contribution >= 0.6 is 0 Å². The Bertz CT molecular complexity index is 1290. The predicted octanol–water partition coefficient (Wildman–Crippen LogP) is 4.75. The molecule has 0 aliphatic carbocycles. The number of amides is 3. The minimum Gasteiger partial charge on any atom is -0.488 e. The molecule has 0 radical (unpaired) electrons. The molecule has 0 saturated heterocycles. The first kappa shape index (κ1) is 29.0. The zero-order chi connectivity index (χ0) is 28.6. The number of halogens is 1. The lowest BCUT2D eigenvalue weighted by Crippen LogP contribution is -2.47. The minimum atomic E-state index is -0.494. The molecule has 212 valence electrons. The van der Waals surface area contributed by atoms with E-state index < -0.39 is 11.8 Å². The molecule has 1 aliphatic heterocycles. The highest BCUT2D eigenvalue weighted by atomic mass is 19.1. The summed E-state index contributed by atoms with van der Waals surface area (Å²) in [6.07, 6.45) is -0.166. The summed E-state index contributed by atoms with van der Waals surface area (Å²) in [6, 6.07) is 20.1. The molecular weight excluding hydrogens is 511 g/mol. The van der Waals surface area contributed by atoms with E-state index in [0.29, 0.717) is 35.8 Å². The quantitative estimate of drug-likeness (QED) is 0.378. The molecule has 8 nitrogen and oxygen atoms in total. The highest BCUT2D eigenvalue weighted by Gasteiger charge is 2.31. The molecule has 0 bridgehead atoms. The molecule has 3 N–H and O–H groups in total. The smallest absolute Gasteiger partial charge is 0.323 e. The van der Waals surface area contributed by atoms with Crippen LogP contribution in [0.15, 0.2) is 72.8 Å². The van der Waals surface area contributed by atoms with E-state index in [1.54, 1.807) is 23.1 Å². The van der Waals surface area contributed by atoms with E-state index in [2.05, 4.69) is 34.6 Å². The number of hydrogen-bond donors (Lipinski definition) is 3. The first-order valence-electron chi connectivity index (χ1n) is 13.5. The van der Waals surface area contributed by atoms with Crippen molar-refractivity contribution in [2.75, 3.05) is 37.4 Å². The maximum Gasteiger partial charge on any atom is 0.323 e. The third-order valence-electron chi connectivity index (χ3n) is 7.06. The van der Waals surface area contributed by atoms with Crippen molar-refractivity contribution in [3.05, 3.63) is 89.7 Å². The Labute approximate surface area is 234 Å². The fourth-order valence-electron chi connectivity index (χ4n) is 4.82. The highest BCUT2D eigenvalue weighted by Crippen LogP contribution is 2.29. The molecule has 3 amide bonds. The van der Waals surface area contributed by atoms with E-state index in [4.69, 9.17) is 4.74 Å². The Morgan fingerprint density at radius 2 is 1.77 bits per heavy atom. The lowest BCUT2D eigenvalue weighted by Gasteiger charge is -2.34. The summed E-state index contributed by atoms with van der Waals surface area (Å²) in [7, 11) is 2.04. The van der Waals surface area contributed by atoms with Gasteiger partial charge in [-0.1, -0.05) is 37.3 Å². The zero-order valence-electron chi connectivity index (χ0n) is 23.1. The number of carbonyl (C=O) groups is 2. The Balaban J connectivity index is 1.55. The number of ether oxygens (including phenoxy) is 1. The molecule has 0 aromatic heterocycles. The summed E-state index contributed by atoms with van der Waals surface area (Å²) >= 11 is 0. The Morgan fingerprint density at radius 1 is 1.10 bits per heavy atom. The average molecular weight is 549 g/mol. The van der Waals surface area contributed by atoms with Gasteiger partial charge in [0.1, 0.15) is 17.7 Å². The van der Waals surface area contributed by atoms with Gasteiger partial charge in [-0.3, -0.25) is 9.69 Å². The van der Waals surface area contributed by atoms with Gasteiger partial charge >= 0.3 is 6.03 Å². The maximum absolute atomic E-state index is 13.4. The van der Waals surface area contributed by atoms with Crippen molar-refractivity contribution >= 4 is 23.3 Å². The van der Waals surface area contributed by atoms with Gasteiger partial charge < -0.3 is 25.4 Å². The second-order valence-electron chi connectivity index (χ2n) is 10.5. The molecule has 3 aromatic carbocycles. The van der Waals surface area contributed by atoms with Crippen molar-refractivity contribution in [1.29, 1.82) is 0 Å². The SMILES string of the molecule is C[C@H]1CN([C@@H](C)CO)C(=O)Cc2cc(NC(=O)Nc3ccc(F)cc3)ccc2O[C@@H]1CN(C)Cc1ccccc1. The van der Waals surface area contributed by atoms with Gasteiger partial charge in [0.15, 0.2) is 0 Å². The molecule has 1 heterocycles. The van der Waals surface area contributed by atoms with Gasteiger partial charge in [-0.2, -0.15) is 0 Å². The van der Waals surface area contributed by atoms with Crippen LogP contribution in [0, 0.1) is 11.7 Å². The van der Waals surface area contributed by atoms with Crippen LogP contribution in [0.4, 0.5) is 20.6 Å². The van der Waals surface area contributed by atoms with Crippen molar-refractivity contribution in [2.24, 2.45) is 5.92 Å². The third kappa shape index (κ3) is 7.80. The summed E-state index contributed by atoms with van der Waals surface area (Å²) in [5.41, 5.74) is 2.78. The van der Waals surface area contributed by atoms with Gasteiger partial charge in [0.2, 0.25) is 5.91 Å². The fraction of sp³-hybridized carbons (Fsp3) is 0.355. The van der Waals surface area contributed by atoms with Crippen LogP contribution in [0.2, 0.25) is 0 Å². The number of urea groups is 1. The van der Waals surface area contributed by atoms with Crippen molar-refractivity contribution in [3.8, 4) is 5.75 Å². The van der Waals surface area contributed by atoms with E-state index in [1.165, 1.54) is 29.8 Å². The summed E-state index contributed by atoms with van der Waals surface area (Å²) < 4.78 is 19.8. The number of hydrogen-bond acceptors (Lipinski definition) is 5. The van der Waals surface area contributed by atoms with E-state index >= 15 is 0 Å². The van der Waals surface area contributed by atoms with Gasteiger partial charge in [-0.05, 0) is 62.0 Å². The van der Waals surface area contributed by atoms with Crippen LogP contribution < -0.4 is 15.4 Å². The predicted molar refractivity (Wildman–Crippen MR) is 154 cm³/mol. The maximum atomic E-state index is 13.4. The fourth-order valence-corrected chi connectivity index (χ4v) is 4.82.